The van der Waals surface area contributed by atoms with Gasteiger partial charge in [-0.15, -0.1) is 0 Å². The summed E-state index contributed by atoms with van der Waals surface area (Å²) in [5, 5.41) is 10.8. The SMILES string of the molecule is CC1CN(C(C(C)C)C(O)c2ccccc2)C(C)CO1. The maximum Gasteiger partial charge on any atom is 0.0947 e. The van der Waals surface area contributed by atoms with Crippen LogP contribution in [0.2, 0.25) is 0 Å². The number of aliphatic hydroxyl groups is 1. The highest BCUT2D eigenvalue weighted by atomic mass is 16.5. The molecule has 1 aromatic rings. The summed E-state index contributed by atoms with van der Waals surface area (Å²) < 4.78 is 5.71. The van der Waals surface area contributed by atoms with E-state index in [0.717, 1.165) is 18.7 Å². The van der Waals surface area contributed by atoms with E-state index in [0.29, 0.717) is 12.0 Å². The lowest BCUT2D eigenvalue weighted by Crippen LogP contribution is -2.55. The molecule has 0 aliphatic carbocycles. The molecule has 1 saturated heterocycles. The summed E-state index contributed by atoms with van der Waals surface area (Å²) in [7, 11) is 0. The van der Waals surface area contributed by atoms with Gasteiger partial charge in [-0.25, -0.2) is 0 Å². The molecule has 0 saturated carbocycles. The molecular weight excluding hydrogens is 250 g/mol. The normalized spacial score (nSPS) is 27.5. The van der Waals surface area contributed by atoms with Gasteiger partial charge in [0, 0.05) is 18.6 Å². The van der Waals surface area contributed by atoms with Crippen LogP contribution in [0, 0.1) is 5.92 Å². The Morgan fingerprint density at radius 3 is 2.45 bits per heavy atom. The van der Waals surface area contributed by atoms with Gasteiger partial charge in [0.2, 0.25) is 0 Å². The first-order valence-corrected chi connectivity index (χ1v) is 7.61. The average Bonchev–Trinajstić information content (AvgIpc) is 2.43. The minimum absolute atomic E-state index is 0.124. The second-order valence-electron chi connectivity index (χ2n) is 6.28. The number of nitrogens with zero attached hydrogens (tertiary/aromatic N) is 1. The number of morpholine rings is 1. The molecular formula is C17H27NO2. The zero-order valence-corrected chi connectivity index (χ0v) is 13.0. The molecule has 3 heteroatoms. The molecule has 4 unspecified atom stereocenters. The number of ether oxygens (including phenoxy) is 1. The van der Waals surface area contributed by atoms with E-state index in [1.54, 1.807) is 0 Å². The summed E-state index contributed by atoms with van der Waals surface area (Å²) >= 11 is 0. The molecule has 0 radical (unpaired) electrons. The summed E-state index contributed by atoms with van der Waals surface area (Å²) in [6.45, 7) is 10.3. The Kier molecular flexibility index (Phi) is 5.19. The molecule has 112 valence electrons. The van der Waals surface area contributed by atoms with Gasteiger partial charge in [0.15, 0.2) is 0 Å². The summed E-state index contributed by atoms with van der Waals surface area (Å²) in [5.74, 6) is 0.387. The molecule has 1 aromatic carbocycles. The van der Waals surface area contributed by atoms with Crippen molar-refractivity contribution in [3.8, 4) is 0 Å². The smallest absolute Gasteiger partial charge is 0.0947 e. The number of benzene rings is 1. The summed E-state index contributed by atoms with van der Waals surface area (Å²) in [5.41, 5.74) is 0.998. The largest absolute Gasteiger partial charge is 0.387 e. The van der Waals surface area contributed by atoms with E-state index in [9.17, 15) is 5.11 Å². The van der Waals surface area contributed by atoms with Gasteiger partial charge in [-0.3, -0.25) is 4.90 Å². The van der Waals surface area contributed by atoms with E-state index in [1.165, 1.54) is 0 Å². The molecule has 1 heterocycles. The zero-order valence-electron chi connectivity index (χ0n) is 13.0. The molecule has 1 aliphatic rings. The molecule has 1 N–H and O–H groups in total. The second-order valence-corrected chi connectivity index (χ2v) is 6.28. The van der Waals surface area contributed by atoms with Crippen LogP contribution in [0.3, 0.4) is 0 Å². The number of hydrogen-bond acceptors (Lipinski definition) is 3. The van der Waals surface area contributed by atoms with Gasteiger partial charge in [-0.1, -0.05) is 44.2 Å². The van der Waals surface area contributed by atoms with Crippen molar-refractivity contribution in [2.75, 3.05) is 13.2 Å². The summed E-state index contributed by atoms with van der Waals surface area (Å²) in [6.07, 6.45) is -0.223. The van der Waals surface area contributed by atoms with E-state index in [1.807, 2.05) is 30.3 Å². The van der Waals surface area contributed by atoms with Crippen molar-refractivity contribution in [3.63, 3.8) is 0 Å². The zero-order chi connectivity index (χ0) is 14.7. The Labute approximate surface area is 122 Å². The first kappa shape index (κ1) is 15.5. The Bertz CT molecular complexity index is 407. The molecule has 1 fully saturated rings. The van der Waals surface area contributed by atoms with E-state index in [4.69, 9.17) is 4.74 Å². The number of aliphatic hydroxyl groups excluding tert-OH is 1. The van der Waals surface area contributed by atoms with Crippen molar-refractivity contribution in [3.05, 3.63) is 35.9 Å². The van der Waals surface area contributed by atoms with Gasteiger partial charge in [-0.05, 0) is 25.3 Å². The van der Waals surface area contributed by atoms with Crippen LogP contribution in [0.25, 0.3) is 0 Å². The molecule has 20 heavy (non-hydrogen) atoms. The van der Waals surface area contributed by atoms with Crippen molar-refractivity contribution in [1.82, 2.24) is 4.90 Å². The Morgan fingerprint density at radius 1 is 1.20 bits per heavy atom. The van der Waals surface area contributed by atoms with Crippen LogP contribution >= 0.6 is 0 Å². The minimum Gasteiger partial charge on any atom is -0.387 e. The molecule has 0 spiro atoms. The lowest BCUT2D eigenvalue weighted by Gasteiger charge is -2.45. The first-order chi connectivity index (χ1) is 9.50. The number of hydrogen-bond donors (Lipinski definition) is 1. The van der Waals surface area contributed by atoms with Gasteiger partial charge in [0.25, 0.3) is 0 Å². The highest BCUT2D eigenvalue weighted by Crippen LogP contribution is 2.29. The lowest BCUT2D eigenvalue weighted by molar-refractivity contribution is -0.0976. The molecule has 0 bridgehead atoms. The quantitative estimate of drug-likeness (QED) is 0.918. The van der Waals surface area contributed by atoms with Gasteiger partial charge >= 0.3 is 0 Å². The third-order valence-electron chi connectivity index (χ3n) is 4.19. The van der Waals surface area contributed by atoms with Crippen molar-refractivity contribution in [1.29, 1.82) is 0 Å². The van der Waals surface area contributed by atoms with Crippen LogP contribution in [0.1, 0.15) is 39.4 Å². The van der Waals surface area contributed by atoms with Crippen molar-refractivity contribution < 1.29 is 9.84 Å². The Balaban J connectivity index is 2.22. The maximum absolute atomic E-state index is 10.8. The fraction of sp³-hybridized carbons (Fsp3) is 0.647. The minimum atomic E-state index is -0.455. The molecule has 1 aliphatic heterocycles. The monoisotopic (exact) mass is 277 g/mol. The van der Waals surface area contributed by atoms with Crippen LogP contribution in [0.5, 0.6) is 0 Å². The maximum atomic E-state index is 10.8. The van der Waals surface area contributed by atoms with Gasteiger partial charge in [0.05, 0.1) is 18.8 Å². The third kappa shape index (κ3) is 3.40. The first-order valence-electron chi connectivity index (χ1n) is 7.61. The molecule has 0 amide bonds. The molecule has 3 nitrogen and oxygen atoms in total. The van der Waals surface area contributed by atoms with Crippen LogP contribution < -0.4 is 0 Å². The van der Waals surface area contributed by atoms with E-state index in [-0.39, 0.29) is 12.1 Å². The van der Waals surface area contributed by atoms with E-state index >= 15 is 0 Å². The third-order valence-corrected chi connectivity index (χ3v) is 4.19. The second kappa shape index (κ2) is 6.70. The van der Waals surface area contributed by atoms with Crippen LogP contribution in [0.15, 0.2) is 30.3 Å². The highest BCUT2D eigenvalue weighted by molar-refractivity contribution is 5.19. The highest BCUT2D eigenvalue weighted by Gasteiger charge is 2.35. The lowest BCUT2D eigenvalue weighted by atomic mass is 9.90. The van der Waals surface area contributed by atoms with Crippen LogP contribution in [-0.4, -0.2) is 41.3 Å². The van der Waals surface area contributed by atoms with Gasteiger partial charge in [-0.2, -0.15) is 0 Å². The predicted molar refractivity (Wildman–Crippen MR) is 81.6 cm³/mol. The molecule has 4 atom stereocenters. The van der Waals surface area contributed by atoms with E-state index in [2.05, 4.69) is 32.6 Å². The number of rotatable bonds is 4. The summed E-state index contributed by atoms with van der Waals surface area (Å²) in [6, 6.07) is 10.4. The van der Waals surface area contributed by atoms with Crippen LogP contribution in [0.4, 0.5) is 0 Å². The van der Waals surface area contributed by atoms with Crippen LogP contribution in [-0.2, 0) is 4.74 Å². The topological polar surface area (TPSA) is 32.7 Å². The fourth-order valence-corrected chi connectivity index (χ4v) is 3.12. The standard InChI is InChI=1S/C17H27NO2/c1-12(2)16(17(19)15-8-6-5-7-9-15)18-10-14(4)20-11-13(18)3/h5-9,12-14,16-17,19H,10-11H2,1-4H3. The average molecular weight is 277 g/mol. The fourth-order valence-electron chi connectivity index (χ4n) is 3.12. The molecule has 0 aromatic heterocycles. The summed E-state index contributed by atoms with van der Waals surface area (Å²) in [4.78, 5) is 2.41. The van der Waals surface area contributed by atoms with Crippen molar-refractivity contribution in [2.45, 2.75) is 52.0 Å². The van der Waals surface area contributed by atoms with Crippen molar-refractivity contribution >= 4 is 0 Å². The Morgan fingerprint density at radius 2 is 1.85 bits per heavy atom. The molecule has 2 rings (SSSR count). The van der Waals surface area contributed by atoms with E-state index < -0.39 is 6.10 Å². The van der Waals surface area contributed by atoms with Crippen molar-refractivity contribution in [2.24, 2.45) is 5.92 Å². The van der Waals surface area contributed by atoms with Gasteiger partial charge < -0.3 is 9.84 Å². The van der Waals surface area contributed by atoms with Gasteiger partial charge in [0.1, 0.15) is 0 Å². The Hall–Kier alpha value is -0.900. The predicted octanol–water partition coefficient (Wildman–Crippen LogP) is 2.85.